The second-order valence-electron chi connectivity index (χ2n) is 6.80. The smallest absolute Gasteiger partial charge is 0.219 e. The van der Waals surface area contributed by atoms with Gasteiger partial charge in [-0.3, -0.25) is 9.79 Å². The van der Waals surface area contributed by atoms with Gasteiger partial charge in [0.2, 0.25) is 5.88 Å². The van der Waals surface area contributed by atoms with Gasteiger partial charge < -0.3 is 10.5 Å². The van der Waals surface area contributed by atoms with Crippen molar-refractivity contribution < 1.29 is 9.53 Å². The summed E-state index contributed by atoms with van der Waals surface area (Å²) in [5.74, 6) is 0.492. The van der Waals surface area contributed by atoms with Crippen LogP contribution in [0.5, 0.6) is 5.88 Å². The number of aliphatic imine (C=N–C) groups is 1. The van der Waals surface area contributed by atoms with E-state index in [9.17, 15) is 10.1 Å². The highest BCUT2D eigenvalue weighted by Crippen LogP contribution is 2.33. The number of nitrogens with two attached hydrogens (primary N) is 1. The Hall–Kier alpha value is -3.47. The van der Waals surface area contributed by atoms with Gasteiger partial charge in [-0.1, -0.05) is 29.8 Å². The van der Waals surface area contributed by atoms with Crippen LogP contribution < -0.4 is 10.5 Å². The SMILES string of the molecule is Cn1ncc(-c2ccc3c(c2)C(CN)=NCC3=O)c1OCc1c(Cl)cccc1C#N. The molecule has 8 heteroatoms. The molecular formula is C22H18ClN5O2. The van der Waals surface area contributed by atoms with E-state index in [1.165, 1.54) is 0 Å². The molecular weight excluding hydrogens is 402 g/mol. The van der Waals surface area contributed by atoms with Gasteiger partial charge in [0.15, 0.2) is 5.78 Å². The molecule has 0 spiro atoms. The normalized spacial score (nSPS) is 12.9. The molecule has 1 aromatic heterocycles. The molecule has 0 bridgehead atoms. The Kier molecular flexibility index (Phi) is 5.36. The lowest BCUT2D eigenvalue weighted by Gasteiger charge is -2.16. The fourth-order valence-corrected chi connectivity index (χ4v) is 3.68. The summed E-state index contributed by atoms with van der Waals surface area (Å²) in [5.41, 5.74) is 10.5. The summed E-state index contributed by atoms with van der Waals surface area (Å²) in [6.45, 7) is 0.497. The van der Waals surface area contributed by atoms with Crippen molar-refractivity contribution in [2.45, 2.75) is 6.61 Å². The molecule has 4 rings (SSSR count). The van der Waals surface area contributed by atoms with Gasteiger partial charge in [0.1, 0.15) is 13.2 Å². The molecule has 2 N–H and O–H groups in total. The molecule has 1 aliphatic rings. The van der Waals surface area contributed by atoms with Crippen LogP contribution in [0.2, 0.25) is 5.02 Å². The minimum atomic E-state index is -0.0286. The molecule has 2 heterocycles. The fraction of sp³-hybridized carbons (Fsp3) is 0.182. The molecule has 0 fully saturated rings. The molecule has 3 aromatic rings. The Morgan fingerprint density at radius 1 is 1.27 bits per heavy atom. The third kappa shape index (κ3) is 3.47. The Balaban J connectivity index is 1.70. The predicted octanol–water partition coefficient (Wildman–Crippen LogP) is 3.14. The van der Waals surface area contributed by atoms with Crippen LogP contribution in [0, 0.1) is 11.3 Å². The maximum Gasteiger partial charge on any atom is 0.219 e. The number of nitriles is 1. The molecule has 0 aliphatic carbocycles. The van der Waals surface area contributed by atoms with Gasteiger partial charge in [-0.05, 0) is 23.8 Å². The van der Waals surface area contributed by atoms with Gasteiger partial charge >= 0.3 is 0 Å². The number of nitrogens with zero attached hydrogens (tertiary/aromatic N) is 4. The predicted molar refractivity (Wildman–Crippen MR) is 114 cm³/mol. The van der Waals surface area contributed by atoms with Gasteiger partial charge in [-0.2, -0.15) is 10.4 Å². The van der Waals surface area contributed by atoms with Crippen LogP contribution in [0.25, 0.3) is 11.1 Å². The lowest BCUT2D eigenvalue weighted by atomic mass is 9.93. The van der Waals surface area contributed by atoms with E-state index in [0.717, 1.165) is 16.7 Å². The zero-order chi connectivity index (χ0) is 21.3. The minimum absolute atomic E-state index is 0.0286. The standard InChI is InChI=1S/C22H18ClN5O2/c1-28-22(30-12-18-14(8-24)3-2-4-19(18)23)17(10-27-28)13-5-6-15-16(7-13)20(9-25)26-11-21(15)29/h2-7,10H,9,11-12,25H2,1H3. The molecule has 7 nitrogen and oxygen atoms in total. The van der Waals surface area contributed by atoms with E-state index in [4.69, 9.17) is 22.1 Å². The lowest BCUT2D eigenvalue weighted by Crippen LogP contribution is -2.24. The average Bonchev–Trinajstić information content (AvgIpc) is 3.13. The van der Waals surface area contributed by atoms with Crippen molar-refractivity contribution in [1.82, 2.24) is 9.78 Å². The first-order valence-electron chi connectivity index (χ1n) is 9.27. The van der Waals surface area contributed by atoms with Crippen LogP contribution >= 0.6 is 11.6 Å². The number of aromatic nitrogens is 2. The second kappa shape index (κ2) is 8.11. The van der Waals surface area contributed by atoms with E-state index in [2.05, 4.69) is 16.2 Å². The molecule has 1 aliphatic heterocycles. The molecule has 0 saturated heterocycles. The molecule has 0 radical (unpaired) electrons. The van der Waals surface area contributed by atoms with Crippen LogP contribution in [-0.4, -0.2) is 34.4 Å². The Bertz CT molecular complexity index is 1220. The van der Waals surface area contributed by atoms with Crippen molar-refractivity contribution in [3.8, 4) is 23.1 Å². The van der Waals surface area contributed by atoms with Crippen LogP contribution in [0.3, 0.4) is 0 Å². The topological polar surface area (TPSA) is 106 Å². The highest BCUT2D eigenvalue weighted by molar-refractivity contribution is 6.31. The summed E-state index contributed by atoms with van der Waals surface area (Å²) in [4.78, 5) is 16.5. The van der Waals surface area contributed by atoms with Gasteiger partial charge in [0, 0.05) is 35.3 Å². The van der Waals surface area contributed by atoms with Crippen molar-refractivity contribution in [2.75, 3.05) is 13.1 Å². The van der Waals surface area contributed by atoms with Crippen molar-refractivity contribution in [3.05, 3.63) is 69.9 Å². The highest BCUT2D eigenvalue weighted by Gasteiger charge is 2.22. The van der Waals surface area contributed by atoms with E-state index >= 15 is 0 Å². The number of carbonyl (C=O) groups is 1. The van der Waals surface area contributed by atoms with E-state index < -0.39 is 0 Å². The number of carbonyl (C=O) groups excluding carboxylic acids is 1. The number of ketones is 1. The zero-order valence-electron chi connectivity index (χ0n) is 16.2. The van der Waals surface area contributed by atoms with Crippen LogP contribution in [-0.2, 0) is 13.7 Å². The number of Topliss-reactive ketones (excluding diaryl/α,β-unsaturated/α-hetero) is 1. The van der Waals surface area contributed by atoms with Crippen LogP contribution in [0.4, 0.5) is 0 Å². The largest absolute Gasteiger partial charge is 0.472 e. The number of halogens is 1. The van der Waals surface area contributed by atoms with Gasteiger partial charge in [0.25, 0.3) is 0 Å². The maximum atomic E-state index is 12.2. The van der Waals surface area contributed by atoms with Crippen LogP contribution in [0.1, 0.15) is 27.0 Å². The van der Waals surface area contributed by atoms with Crippen molar-refractivity contribution in [1.29, 1.82) is 5.26 Å². The van der Waals surface area contributed by atoms with E-state index in [1.54, 1.807) is 42.2 Å². The Labute approximate surface area is 178 Å². The molecule has 0 amide bonds. The second-order valence-corrected chi connectivity index (χ2v) is 7.21. The maximum absolute atomic E-state index is 12.2. The number of fused-ring (bicyclic) bond motifs is 1. The van der Waals surface area contributed by atoms with E-state index in [0.29, 0.717) is 33.3 Å². The Morgan fingerprint density at radius 2 is 2.10 bits per heavy atom. The monoisotopic (exact) mass is 419 g/mol. The first kappa shape index (κ1) is 19.8. The minimum Gasteiger partial charge on any atom is -0.472 e. The van der Waals surface area contributed by atoms with Crippen LogP contribution in [0.15, 0.2) is 47.6 Å². The number of hydrogen-bond acceptors (Lipinski definition) is 6. The molecule has 0 unspecified atom stereocenters. The molecule has 2 aromatic carbocycles. The summed E-state index contributed by atoms with van der Waals surface area (Å²) in [7, 11) is 1.77. The molecule has 30 heavy (non-hydrogen) atoms. The molecule has 150 valence electrons. The number of ether oxygens (including phenoxy) is 1. The van der Waals surface area contributed by atoms with Crippen molar-refractivity contribution in [3.63, 3.8) is 0 Å². The average molecular weight is 420 g/mol. The van der Waals surface area contributed by atoms with Crippen molar-refractivity contribution >= 4 is 23.1 Å². The van der Waals surface area contributed by atoms with Gasteiger partial charge in [-0.25, -0.2) is 4.68 Å². The third-order valence-corrected chi connectivity index (χ3v) is 5.38. The highest BCUT2D eigenvalue weighted by atomic mass is 35.5. The van der Waals surface area contributed by atoms with Gasteiger partial charge in [0.05, 0.1) is 29.1 Å². The number of benzene rings is 2. The summed E-state index contributed by atoms with van der Waals surface area (Å²) in [5, 5.41) is 14.1. The molecule has 0 saturated carbocycles. The quantitative estimate of drug-likeness (QED) is 0.683. The van der Waals surface area contributed by atoms with Crippen molar-refractivity contribution in [2.24, 2.45) is 17.8 Å². The zero-order valence-corrected chi connectivity index (χ0v) is 17.0. The number of hydrogen-bond donors (Lipinski definition) is 1. The Morgan fingerprint density at radius 3 is 2.87 bits per heavy atom. The summed E-state index contributed by atoms with van der Waals surface area (Å²) < 4.78 is 7.64. The first-order valence-corrected chi connectivity index (χ1v) is 9.65. The number of aryl methyl sites for hydroxylation is 1. The summed E-state index contributed by atoms with van der Waals surface area (Å²) >= 11 is 6.26. The first-order chi connectivity index (χ1) is 14.5. The lowest BCUT2D eigenvalue weighted by molar-refractivity contribution is 0.1000. The summed E-state index contributed by atoms with van der Waals surface area (Å²) in [6, 6.07) is 12.8. The fourth-order valence-electron chi connectivity index (χ4n) is 3.45. The number of rotatable bonds is 5. The summed E-state index contributed by atoms with van der Waals surface area (Å²) in [6.07, 6.45) is 1.69. The molecule has 0 atom stereocenters. The van der Waals surface area contributed by atoms with Gasteiger partial charge in [-0.15, -0.1) is 0 Å². The van der Waals surface area contributed by atoms with E-state index in [1.807, 2.05) is 12.1 Å². The van der Waals surface area contributed by atoms with E-state index in [-0.39, 0.29) is 25.5 Å². The third-order valence-electron chi connectivity index (χ3n) is 5.03.